The van der Waals surface area contributed by atoms with E-state index in [1.54, 1.807) is 7.11 Å². The number of hydrogen-bond acceptors (Lipinski definition) is 2. The second-order valence-corrected chi connectivity index (χ2v) is 4.38. The van der Waals surface area contributed by atoms with Gasteiger partial charge in [0.15, 0.2) is 0 Å². The predicted octanol–water partition coefficient (Wildman–Crippen LogP) is 3.19. The number of benzene rings is 1. The first-order chi connectivity index (χ1) is 8.93. The topological polar surface area (TPSA) is 21.3 Å². The van der Waals surface area contributed by atoms with E-state index in [4.69, 9.17) is 4.74 Å². The Morgan fingerprint density at radius 3 is 2.61 bits per heavy atom. The quantitative estimate of drug-likeness (QED) is 0.506. The highest BCUT2D eigenvalue weighted by molar-refractivity contribution is 5.14. The fraction of sp³-hybridized carbons (Fsp3) is 0.500. The molecule has 0 aliphatic rings. The first kappa shape index (κ1) is 14.9. The summed E-state index contributed by atoms with van der Waals surface area (Å²) in [5.74, 6) is 0. The third-order valence-corrected chi connectivity index (χ3v) is 2.82. The highest BCUT2D eigenvalue weighted by atomic mass is 16.5. The van der Waals surface area contributed by atoms with Gasteiger partial charge in [0.25, 0.3) is 0 Å². The lowest BCUT2D eigenvalue weighted by Crippen LogP contribution is -2.19. The summed E-state index contributed by atoms with van der Waals surface area (Å²) in [6.45, 7) is 2.78. The summed E-state index contributed by atoms with van der Waals surface area (Å²) in [4.78, 5) is 0. The zero-order chi connectivity index (χ0) is 12.9. The largest absolute Gasteiger partial charge is 0.383 e. The maximum absolute atomic E-state index is 4.96. The predicted molar refractivity (Wildman–Crippen MR) is 77.9 cm³/mol. The van der Waals surface area contributed by atoms with E-state index in [9.17, 15) is 0 Å². The lowest BCUT2D eigenvalue weighted by molar-refractivity contribution is 0.199. The van der Waals surface area contributed by atoms with Crippen LogP contribution in [0.25, 0.3) is 0 Å². The second-order valence-electron chi connectivity index (χ2n) is 4.38. The van der Waals surface area contributed by atoms with Gasteiger partial charge in [-0.15, -0.1) is 0 Å². The Balaban J connectivity index is 1.91. The van der Waals surface area contributed by atoms with Crippen molar-refractivity contribution in [1.29, 1.82) is 0 Å². The summed E-state index contributed by atoms with van der Waals surface area (Å²) in [7, 11) is 1.73. The molecule has 1 aromatic rings. The van der Waals surface area contributed by atoms with E-state index in [-0.39, 0.29) is 0 Å². The fourth-order valence-corrected chi connectivity index (χ4v) is 1.79. The van der Waals surface area contributed by atoms with Crippen molar-refractivity contribution < 1.29 is 4.74 Å². The van der Waals surface area contributed by atoms with Gasteiger partial charge >= 0.3 is 0 Å². The van der Waals surface area contributed by atoms with Crippen LogP contribution < -0.4 is 5.32 Å². The Morgan fingerprint density at radius 2 is 1.83 bits per heavy atom. The van der Waals surface area contributed by atoms with Gasteiger partial charge in [0.05, 0.1) is 6.61 Å². The summed E-state index contributed by atoms with van der Waals surface area (Å²) in [6, 6.07) is 10.7. The zero-order valence-electron chi connectivity index (χ0n) is 11.4. The summed E-state index contributed by atoms with van der Waals surface area (Å²) < 4.78 is 4.96. The summed E-state index contributed by atoms with van der Waals surface area (Å²) in [6.07, 6.45) is 9.25. The van der Waals surface area contributed by atoms with Crippen molar-refractivity contribution in [3.05, 3.63) is 48.0 Å². The Bertz CT molecular complexity index is 308. The molecule has 2 nitrogen and oxygen atoms in total. The molecule has 0 aliphatic carbocycles. The van der Waals surface area contributed by atoms with E-state index >= 15 is 0 Å². The van der Waals surface area contributed by atoms with Crippen LogP contribution >= 0.6 is 0 Å². The minimum atomic E-state index is 0.792. The third-order valence-electron chi connectivity index (χ3n) is 2.82. The maximum Gasteiger partial charge on any atom is 0.0587 e. The van der Waals surface area contributed by atoms with Gasteiger partial charge in [-0.3, -0.25) is 0 Å². The zero-order valence-corrected chi connectivity index (χ0v) is 11.4. The van der Waals surface area contributed by atoms with Crippen molar-refractivity contribution in [3.63, 3.8) is 0 Å². The van der Waals surface area contributed by atoms with Crippen LogP contribution in [0.3, 0.4) is 0 Å². The third kappa shape index (κ3) is 8.04. The molecule has 0 heterocycles. The van der Waals surface area contributed by atoms with Crippen molar-refractivity contribution in [1.82, 2.24) is 5.32 Å². The summed E-state index contributed by atoms with van der Waals surface area (Å²) >= 11 is 0. The molecular weight excluding hydrogens is 222 g/mol. The van der Waals surface area contributed by atoms with E-state index < -0.39 is 0 Å². The molecule has 1 rings (SSSR count). The van der Waals surface area contributed by atoms with Gasteiger partial charge in [-0.05, 0) is 37.8 Å². The number of aryl methyl sites for hydroxylation is 1. The van der Waals surface area contributed by atoms with Crippen molar-refractivity contribution in [3.8, 4) is 0 Å². The molecule has 0 aromatic heterocycles. The van der Waals surface area contributed by atoms with Crippen LogP contribution in [0.1, 0.15) is 24.8 Å². The van der Waals surface area contributed by atoms with Crippen molar-refractivity contribution in [2.24, 2.45) is 0 Å². The van der Waals surface area contributed by atoms with Gasteiger partial charge in [0.2, 0.25) is 0 Å². The molecule has 0 atom stereocenters. The Hall–Kier alpha value is -1.12. The Labute approximate surface area is 111 Å². The Morgan fingerprint density at radius 1 is 1.06 bits per heavy atom. The average Bonchev–Trinajstić information content (AvgIpc) is 2.42. The van der Waals surface area contributed by atoms with Crippen LogP contribution in [-0.4, -0.2) is 26.8 Å². The van der Waals surface area contributed by atoms with Crippen molar-refractivity contribution in [2.75, 3.05) is 26.8 Å². The van der Waals surface area contributed by atoms with E-state index in [1.807, 2.05) is 0 Å². The molecule has 0 aliphatic heterocycles. The molecule has 0 spiro atoms. The number of allylic oxidation sites excluding steroid dienone is 1. The second kappa shape index (κ2) is 11.0. The number of ether oxygens (including phenoxy) is 1. The van der Waals surface area contributed by atoms with Crippen molar-refractivity contribution >= 4 is 0 Å². The van der Waals surface area contributed by atoms with E-state index in [0.717, 1.165) is 26.1 Å². The van der Waals surface area contributed by atoms with Crippen LogP contribution in [0.5, 0.6) is 0 Å². The van der Waals surface area contributed by atoms with Crippen LogP contribution in [-0.2, 0) is 11.2 Å². The Kier molecular flexibility index (Phi) is 9.13. The number of unbranched alkanes of at least 4 members (excludes halogenated alkanes) is 1. The first-order valence-electron chi connectivity index (χ1n) is 6.82. The van der Waals surface area contributed by atoms with Crippen LogP contribution in [0.2, 0.25) is 0 Å². The number of rotatable bonds is 10. The molecular formula is C16H25NO. The smallest absolute Gasteiger partial charge is 0.0587 e. The van der Waals surface area contributed by atoms with Gasteiger partial charge in [-0.2, -0.15) is 0 Å². The van der Waals surface area contributed by atoms with E-state index in [1.165, 1.54) is 24.8 Å². The van der Waals surface area contributed by atoms with Gasteiger partial charge < -0.3 is 10.1 Å². The number of methoxy groups -OCH3 is 1. The van der Waals surface area contributed by atoms with E-state index in [0.29, 0.717) is 0 Å². The molecule has 18 heavy (non-hydrogen) atoms. The number of nitrogens with one attached hydrogen (secondary N) is 1. The molecule has 0 saturated heterocycles. The highest BCUT2D eigenvalue weighted by Gasteiger charge is 1.89. The van der Waals surface area contributed by atoms with E-state index in [2.05, 4.69) is 47.8 Å². The van der Waals surface area contributed by atoms with Gasteiger partial charge in [-0.25, -0.2) is 0 Å². The highest BCUT2D eigenvalue weighted by Crippen LogP contribution is 2.04. The molecule has 0 amide bonds. The average molecular weight is 247 g/mol. The first-order valence-corrected chi connectivity index (χ1v) is 6.82. The molecule has 0 fully saturated rings. The minimum absolute atomic E-state index is 0.792. The van der Waals surface area contributed by atoms with Crippen LogP contribution in [0.4, 0.5) is 0 Å². The van der Waals surface area contributed by atoms with Gasteiger partial charge in [-0.1, -0.05) is 42.5 Å². The monoisotopic (exact) mass is 247 g/mol. The van der Waals surface area contributed by atoms with Crippen LogP contribution in [0, 0.1) is 0 Å². The SMILES string of the molecule is COCCNCCC=CCCCc1ccccc1. The van der Waals surface area contributed by atoms with Gasteiger partial charge in [0.1, 0.15) is 0 Å². The number of hydrogen-bond donors (Lipinski definition) is 1. The fourth-order valence-electron chi connectivity index (χ4n) is 1.79. The molecule has 1 aromatic carbocycles. The lowest BCUT2D eigenvalue weighted by Gasteiger charge is -2.00. The molecule has 0 radical (unpaired) electrons. The normalized spacial score (nSPS) is 11.2. The molecule has 0 unspecified atom stereocenters. The summed E-state index contributed by atoms with van der Waals surface area (Å²) in [5, 5.41) is 3.33. The van der Waals surface area contributed by atoms with Crippen LogP contribution in [0.15, 0.2) is 42.5 Å². The van der Waals surface area contributed by atoms with Gasteiger partial charge in [0, 0.05) is 13.7 Å². The molecule has 2 heteroatoms. The minimum Gasteiger partial charge on any atom is -0.383 e. The molecule has 0 bridgehead atoms. The molecule has 1 N–H and O–H groups in total. The maximum atomic E-state index is 4.96. The standard InChI is InChI=1S/C16H25NO/c1-18-15-14-17-13-9-4-2-3-6-10-16-11-7-5-8-12-16/h2,4-5,7-8,11-12,17H,3,6,9-10,13-15H2,1H3. The summed E-state index contributed by atoms with van der Waals surface area (Å²) in [5.41, 5.74) is 1.44. The lowest BCUT2D eigenvalue weighted by atomic mass is 10.1. The molecule has 100 valence electrons. The van der Waals surface area contributed by atoms with Crippen molar-refractivity contribution in [2.45, 2.75) is 25.7 Å². The molecule has 0 saturated carbocycles.